The van der Waals surface area contributed by atoms with Crippen molar-refractivity contribution in [3.05, 3.63) is 63.6 Å². The fraction of sp³-hybridized carbons (Fsp3) is 0.462. The Balaban J connectivity index is 2.48. The molecule has 0 radical (unpaired) electrons. The highest BCUT2D eigenvalue weighted by Gasteiger charge is 2.32. The second-order valence-electron chi connectivity index (χ2n) is 8.95. The van der Waals surface area contributed by atoms with Gasteiger partial charge in [0.1, 0.15) is 12.6 Å². The number of carbonyl (C=O) groups excluding carboxylic acids is 2. The van der Waals surface area contributed by atoms with Crippen molar-refractivity contribution in [3.8, 4) is 0 Å². The van der Waals surface area contributed by atoms with Gasteiger partial charge in [-0.05, 0) is 48.6 Å². The van der Waals surface area contributed by atoms with Crippen molar-refractivity contribution in [2.24, 2.45) is 0 Å². The maximum atomic E-state index is 13.7. The van der Waals surface area contributed by atoms with Crippen LogP contribution in [0, 0.1) is 0 Å². The third-order valence-corrected chi connectivity index (χ3v) is 7.70. The van der Waals surface area contributed by atoms with E-state index in [2.05, 4.69) is 5.32 Å². The Kier molecular flexibility index (Phi) is 11.1. The summed E-state index contributed by atoms with van der Waals surface area (Å²) in [5.74, 6) is -0.582. The lowest BCUT2D eigenvalue weighted by Crippen LogP contribution is -2.52. The molecule has 0 aliphatic heterocycles. The number of halogens is 2. The van der Waals surface area contributed by atoms with Gasteiger partial charge in [0.15, 0.2) is 0 Å². The Labute approximate surface area is 224 Å². The number of nitrogens with zero attached hydrogens (tertiary/aromatic N) is 2. The van der Waals surface area contributed by atoms with Crippen LogP contribution in [-0.2, 0) is 26.2 Å². The number of anilines is 1. The number of hydrogen-bond donors (Lipinski definition) is 1. The molecular weight excluding hydrogens is 521 g/mol. The van der Waals surface area contributed by atoms with Gasteiger partial charge < -0.3 is 10.2 Å². The van der Waals surface area contributed by atoms with E-state index < -0.39 is 28.5 Å². The van der Waals surface area contributed by atoms with Gasteiger partial charge in [0, 0.05) is 28.7 Å². The molecule has 2 aromatic rings. The number of sulfonamides is 1. The van der Waals surface area contributed by atoms with Gasteiger partial charge in [0.05, 0.1) is 11.9 Å². The molecule has 1 N–H and O–H groups in total. The van der Waals surface area contributed by atoms with E-state index in [4.69, 9.17) is 23.2 Å². The van der Waals surface area contributed by atoms with E-state index in [0.29, 0.717) is 34.3 Å². The molecule has 0 spiro atoms. The SMILES string of the molecule is CCCNC(=O)[C@@H](CC)N(Cc1c(Cl)cccc1Cl)C(=O)CN(c1ccc(C(C)C)cc1)S(C)(=O)=O. The van der Waals surface area contributed by atoms with E-state index in [1.165, 1.54) is 4.90 Å². The molecule has 10 heteroatoms. The number of benzene rings is 2. The van der Waals surface area contributed by atoms with Crippen molar-refractivity contribution in [1.82, 2.24) is 10.2 Å². The molecule has 0 unspecified atom stereocenters. The van der Waals surface area contributed by atoms with Crippen molar-refractivity contribution in [2.75, 3.05) is 23.7 Å². The predicted molar refractivity (Wildman–Crippen MR) is 147 cm³/mol. The van der Waals surface area contributed by atoms with Crippen molar-refractivity contribution in [3.63, 3.8) is 0 Å². The van der Waals surface area contributed by atoms with Gasteiger partial charge in [0.2, 0.25) is 21.8 Å². The highest BCUT2D eigenvalue weighted by atomic mass is 35.5. The Morgan fingerprint density at radius 2 is 1.58 bits per heavy atom. The van der Waals surface area contributed by atoms with Crippen LogP contribution in [0.1, 0.15) is 57.6 Å². The second-order valence-corrected chi connectivity index (χ2v) is 11.7. The Bertz CT molecular complexity index is 1130. The van der Waals surface area contributed by atoms with E-state index in [0.717, 1.165) is 22.5 Å². The van der Waals surface area contributed by atoms with Gasteiger partial charge in [-0.15, -0.1) is 0 Å². The molecule has 198 valence electrons. The third kappa shape index (κ3) is 7.85. The molecule has 0 saturated carbocycles. The molecule has 2 amide bonds. The van der Waals surface area contributed by atoms with Crippen LogP contribution >= 0.6 is 23.2 Å². The molecule has 0 aromatic heterocycles. The first-order valence-corrected chi connectivity index (χ1v) is 14.6. The number of amides is 2. The molecular formula is C26H35Cl2N3O4S. The molecule has 7 nitrogen and oxygen atoms in total. The lowest BCUT2D eigenvalue weighted by atomic mass is 10.0. The molecule has 2 aromatic carbocycles. The number of rotatable bonds is 12. The van der Waals surface area contributed by atoms with E-state index in [1.807, 2.05) is 32.9 Å². The van der Waals surface area contributed by atoms with Crippen LogP contribution in [0.4, 0.5) is 5.69 Å². The van der Waals surface area contributed by atoms with E-state index in [-0.39, 0.29) is 18.4 Å². The summed E-state index contributed by atoms with van der Waals surface area (Å²) in [6.07, 6.45) is 2.11. The van der Waals surface area contributed by atoms with Gasteiger partial charge >= 0.3 is 0 Å². The molecule has 0 aliphatic rings. The van der Waals surface area contributed by atoms with Crippen molar-refractivity contribution < 1.29 is 18.0 Å². The summed E-state index contributed by atoms with van der Waals surface area (Å²) in [7, 11) is -3.80. The summed E-state index contributed by atoms with van der Waals surface area (Å²) >= 11 is 12.7. The Hall–Kier alpha value is -2.29. The lowest BCUT2D eigenvalue weighted by Gasteiger charge is -2.33. The maximum absolute atomic E-state index is 13.7. The first-order chi connectivity index (χ1) is 16.9. The van der Waals surface area contributed by atoms with Crippen molar-refractivity contribution in [2.45, 2.75) is 59.0 Å². The zero-order valence-electron chi connectivity index (χ0n) is 21.4. The van der Waals surface area contributed by atoms with Crippen LogP contribution in [0.25, 0.3) is 0 Å². The minimum atomic E-state index is -3.80. The molecule has 36 heavy (non-hydrogen) atoms. The summed E-state index contributed by atoms with van der Waals surface area (Å²) < 4.78 is 26.5. The monoisotopic (exact) mass is 555 g/mol. The molecule has 0 fully saturated rings. The fourth-order valence-electron chi connectivity index (χ4n) is 3.78. The van der Waals surface area contributed by atoms with Crippen LogP contribution in [-0.4, -0.2) is 50.5 Å². The molecule has 2 rings (SSSR count). The Morgan fingerprint density at radius 3 is 2.06 bits per heavy atom. The summed E-state index contributed by atoms with van der Waals surface area (Å²) in [5, 5.41) is 3.55. The summed E-state index contributed by atoms with van der Waals surface area (Å²) in [6, 6.07) is 11.2. The van der Waals surface area contributed by atoms with Crippen LogP contribution in [0.2, 0.25) is 10.0 Å². The molecule has 0 bridgehead atoms. The summed E-state index contributed by atoms with van der Waals surface area (Å²) in [5.41, 5.74) is 1.91. The lowest BCUT2D eigenvalue weighted by molar-refractivity contribution is -0.140. The van der Waals surface area contributed by atoms with Crippen LogP contribution in [0.5, 0.6) is 0 Å². The van der Waals surface area contributed by atoms with Crippen molar-refractivity contribution >= 4 is 50.7 Å². The number of hydrogen-bond acceptors (Lipinski definition) is 4. The minimum Gasteiger partial charge on any atom is -0.354 e. The molecule has 1 atom stereocenters. The normalized spacial score (nSPS) is 12.3. The largest absolute Gasteiger partial charge is 0.354 e. The van der Waals surface area contributed by atoms with Crippen molar-refractivity contribution in [1.29, 1.82) is 0 Å². The maximum Gasteiger partial charge on any atom is 0.244 e. The van der Waals surface area contributed by atoms with Crippen LogP contribution in [0.15, 0.2) is 42.5 Å². The average molecular weight is 557 g/mol. The Morgan fingerprint density at radius 1 is 1.00 bits per heavy atom. The van der Waals surface area contributed by atoms with Gasteiger partial charge in [-0.25, -0.2) is 8.42 Å². The first kappa shape index (κ1) is 29.9. The van der Waals surface area contributed by atoms with E-state index in [1.54, 1.807) is 37.3 Å². The highest BCUT2D eigenvalue weighted by molar-refractivity contribution is 7.92. The topological polar surface area (TPSA) is 86.8 Å². The predicted octanol–water partition coefficient (Wildman–Crippen LogP) is 5.22. The fourth-order valence-corrected chi connectivity index (χ4v) is 5.15. The second kappa shape index (κ2) is 13.3. The van der Waals surface area contributed by atoms with Crippen LogP contribution < -0.4 is 9.62 Å². The van der Waals surface area contributed by atoms with E-state index in [9.17, 15) is 18.0 Å². The van der Waals surface area contributed by atoms with Gasteiger partial charge in [-0.1, -0.05) is 69.1 Å². The summed E-state index contributed by atoms with van der Waals surface area (Å²) in [4.78, 5) is 28.1. The quantitative estimate of drug-likeness (QED) is 0.389. The van der Waals surface area contributed by atoms with Gasteiger partial charge in [-0.2, -0.15) is 0 Å². The van der Waals surface area contributed by atoms with E-state index >= 15 is 0 Å². The third-order valence-electron chi connectivity index (χ3n) is 5.85. The number of carbonyl (C=O) groups is 2. The van der Waals surface area contributed by atoms with Gasteiger partial charge in [0.25, 0.3) is 0 Å². The number of nitrogens with one attached hydrogen (secondary N) is 1. The average Bonchev–Trinajstić information content (AvgIpc) is 2.82. The molecule has 0 aliphatic carbocycles. The van der Waals surface area contributed by atoms with Gasteiger partial charge in [-0.3, -0.25) is 13.9 Å². The zero-order chi connectivity index (χ0) is 27.0. The standard InChI is InChI=1S/C26H35Cl2N3O4S/c1-6-15-29-26(33)24(7-2)30(16-21-22(27)9-8-10-23(21)28)25(32)17-31(36(5,34)35)20-13-11-19(12-14-20)18(3)4/h8-14,18,24H,6-7,15-17H2,1-5H3,(H,29,33)/t24-/m1/s1. The minimum absolute atomic E-state index is 0.0424. The molecule has 0 saturated heterocycles. The van der Waals surface area contributed by atoms with Crippen LogP contribution in [0.3, 0.4) is 0 Å². The highest BCUT2D eigenvalue weighted by Crippen LogP contribution is 2.28. The summed E-state index contributed by atoms with van der Waals surface area (Å²) in [6.45, 7) is 7.75. The zero-order valence-corrected chi connectivity index (χ0v) is 23.8. The molecule has 0 heterocycles. The smallest absolute Gasteiger partial charge is 0.244 e. The first-order valence-electron chi connectivity index (χ1n) is 12.0.